The molecule has 0 saturated heterocycles. The van der Waals surface area contributed by atoms with Gasteiger partial charge in [-0.2, -0.15) is 0 Å². The van der Waals surface area contributed by atoms with Crippen LogP contribution in [0.3, 0.4) is 0 Å². The molecule has 0 radical (unpaired) electrons. The van der Waals surface area contributed by atoms with E-state index in [2.05, 4.69) is 21.2 Å². The van der Waals surface area contributed by atoms with E-state index in [0.717, 1.165) is 9.37 Å². The van der Waals surface area contributed by atoms with Gasteiger partial charge in [0.1, 0.15) is 0 Å². The van der Waals surface area contributed by atoms with Crippen LogP contribution in [-0.2, 0) is 0 Å². The lowest BCUT2D eigenvalue weighted by atomic mass is 10.1. The molecule has 7 heteroatoms. The third-order valence-corrected chi connectivity index (χ3v) is 4.62. The van der Waals surface area contributed by atoms with Gasteiger partial charge in [-0.3, -0.25) is 14.5 Å². The van der Waals surface area contributed by atoms with Crippen LogP contribution in [0.4, 0.5) is 5.69 Å². The molecule has 0 aromatic heterocycles. The van der Waals surface area contributed by atoms with E-state index in [1.54, 1.807) is 36.4 Å². The molecule has 1 heterocycles. The van der Waals surface area contributed by atoms with Gasteiger partial charge in [-0.05, 0) is 30.3 Å². The summed E-state index contributed by atoms with van der Waals surface area (Å²) in [5, 5.41) is 3.71. The molecule has 22 heavy (non-hydrogen) atoms. The number of hydrogen-bond acceptors (Lipinski definition) is 3. The summed E-state index contributed by atoms with van der Waals surface area (Å²) in [6, 6.07) is 10.1. The van der Waals surface area contributed by atoms with Crippen LogP contribution < -0.4 is 5.32 Å². The molecule has 2 amide bonds. The Balaban J connectivity index is 1.81. The molecule has 0 spiro atoms. The van der Waals surface area contributed by atoms with Gasteiger partial charge in [-0.25, -0.2) is 0 Å². The predicted molar refractivity (Wildman–Crippen MR) is 89.6 cm³/mol. The summed E-state index contributed by atoms with van der Waals surface area (Å²) in [7, 11) is 0. The Labute approximate surface area is 145 Å². The average molecular weight is 400 g/mol. The van der Waals surface area contributed by atoms with E-state index >= 15 is 0 Å². The third kappa shape index (κ3) is 2.60. The smallest absolute Gasteiger partial charge is 0.263 e. The van der Waals surface area contributed by atoms with Crippen molar-refractivity contribution in [2.24, 2.45) is 0 Å². The number of benzene rings is 2. The molecule has 1 aliphatic heterocycles. The van der Waals surface area contributed by atoms with E-state index in [4.69, 9.17) is 23.2 Å². The van der Waals surface area contributed by atoms with Crippen molar-refractivity contribution in [1.29, 1.82) is 0 Å². The van der Waals surface area contributed by atoms with E-state index in [0.29, 0.717) is 26.9 Å². The normalized spacial score (nSPS) is 13.5. The molecule has 3 rings (SSSR count). The second-order valence-corrected chi connectivity index (χ2v) is 6.37. The summed E-state index contributed by atoms with van der Waals surface area (Å²) in [6.07, 6.45) is 0. The minimum atomic E-state index is -0.341. The van der Waals surface area contributed by atoms with Crippen molar-refractivity contribution < 1.29 is 9.59 Å². The molecule has 4 nitrogen and oxygen atoms in total. The summed E-state index contributed by atoms with van der Waals surface area (Å²) in [5.41, 5.74) is 1.34. The van der Waals surface area contributed by atoms with Crippen LogP contribution in [0, 0.1) is 0 Å². The number of fused-ring (bicyclic) bond motifs is 1. The van der Waals surface area contributed by atoms with Gasteiger partial charge < -0.3 is 5.32 Å². The Morgan fingerprint density at radius 3 is 2.55 bits per heavy atom. The Morgan fingerprint density at radius 2 is 1.77 bits per heavy atom. The Hall–Kier alpha value is -1.56. The van der Waals surface area contributed by atoms with Crippen molar-refractivity contribution in [2.75, 3.05) is 12.0 Å². The van der Waals surface area contributed by atoms with Gasteiger partial charge in [0.05, 0.1) is 33.5 Å². The number of carbonyl (C=O) groups excluding carboxylic acids is 2. The fourth-order valence-corrected chi connectivity index (χ4v) is 2.94. The third-order valence-electron chi connectivity index (χ3n) is 3.31. The van der Waals surface area contributed by atoms with Gasteiger partial charge in [0.2, 0.25) is 0 Å². The molecule has 2 aromatic carbocycles. The van der Waals surface area contributed by atoms with Crippen LogP contribution in [0.15, 0.2) is 40.9 Å². The number of nitrogens with zero attached hydrogens (tertiary/aromatic N) is 1. The highest BCUT2D eigenvalue weighted by Crippen LogP contribution is 2.30. The molecule has 0 bridgehead atoms. The number of halogens is 3. The maximum absolute atomic E-state index is 12.3. The van der Waals surface area contributed by atoms with E-state index in [9.17, 15) is 9.59 Å². The van der Waals surface area contributed by atoms with Crippen LogP contribution >= 0.6 is 39.1 Å². The Kier molecular flexibility index (Phi) is 4.12. The number of nitrogens with one attached hydrogen (secondary N) is 1. The van der Waals surface area contributed by atoms with Crippen molar-refractivity contribution in [3.63, 3.8) is 0 Å². The lowest BCUT2D eigenvalue weighted by Gasteiger charge is -2.16. The zero-order valence-corrected chi connectivity index (χ0v) is 14.2. The first-order valence-electron chi connectivity index (χ1n) is 6.32. The molecular formula is C15H9BrCl2N2O2. The molecule has 2 aromatic rings. The monoisotopic (exact) mass is 398 g/mol. The maximum atomic E-state index is 12.3. The molecule has 0 atom stereocenters. The van der Waals surface area contributed by atoms with E-state index in [-0.39, 0.29) is 18.5 Å². The molecular weight excluding hydrogens is 391 g/mol. The zero-order chi connectivity index (χ0) is 15.9. The minimum absolute atomic E-state index is 0.0179. The van der Waals surface area contributed by atoms with Crippen LogP contribution in [0.1, 0.15) is 20.7 Å². The lowest BCUT2D eigenvalue weighted by Crippen LogP contribution is -2.34. The average Bonchev–Trinajstić information content (AvgIpc) is 2.72. The molecule has 0 fully saturated rings. The van der Waals surface area contributed by atoms with Crippen LogP contribution in [0.25, 0.3) is 0 Å². The predicted octanol–water partition coefficient (Wildman–Crippen LogP) is 4.42. The molecule has 112 valence electrons. The highest BCUT2D eigenvalue weighted by Gasteiger charge is 2.35. The highest BCUT2D eigenvalue weighted by molar-refractivity contribution is 9.10. The van der Waals surface area contributed by atoms with Gasteiger partial charge in [-0.1, -0.05) is 45.2 Å². The maximum Gasteiger partial charge on any atom is 0.263 e. The second kappa shape index (κ2) is 5.91. The Morgan fingerprint density at radius 1 is 1.05 bits per heavy atom. The summed E-state index contributed by atoms with van der Waals surface area (Å²) < 4.78 is 0.750. The summed E-state index contributed by atoms with van der Waals surface area (Å²) >= 11 is 15.3. The highest BCUT2D eigenvalue weighted by atomic mass is 79.9. The standard InChI is InChI=1S/C15H9BrCl2N2O2/c16-8-4-5-9-10(6-8)15(22)20(14(9)21)7-19-12-3-1-2-11(17)13(12)18/h1-6,19H,7H2. The zero-order valence-electron chi connectivity index (χ0n) is 11.1. The largest absolute Gasteiger partial charge is 0.366 e. The number of amides is 2. The number of hydrogen-bond donors (Lipinski definition) is 1. The number of rotatable bonds is 3. The first kappa shape index (κ1) is 15.3. The number of anilines is 1. The van der Waals surface area contributed by atoms with Gasteiger partial charge in [0.15, 0.2) is 0 Å². The first-order chi connectivity index (χ1) is 10.5. The van der Waals surface area contributed by atoms with Crippen molar-refractivity contribution in [1.82, 2.24) is 4.90 Å². The second-order valence-electron chi connectivity index (χ2n) is 4.66. The van der Waals surface area contributed by atoms with Gasteiger partial charge in [-0.15, -0.1) is 0 Å². The van der Waals surface area contributed by atoms with Crippen molar-refractivity contribution in [3.8, 4) is 0 Å². The van der Waals surface area contributed by atoms with E-state index in [1.807, 2.05) is 0 Å². The lowest BCUT2D eigenvalue weighted by molar-refractivity contribution is 0.0666. The Bertz CT molecular complexity index is 795. The molecule has 0 aliphatic carbocycles. The van der Waals surface area contributed by atoms with Crippen molar-refractivity contribution >= 4 is 56.6 Å². The molecule has 0 unspecified atom stereocenters. The number of carbonyl (C=O) groups is 2. The number of imide groups is 1. The topological polar surface area (TPSA) is 49.4 Å². The van der Waals surface area contributed by atoms with E-state index < -0.39 is 0 Å². The van der Waals surface area contributed by atoms with Gasteiger partial charge >= 0.3 is 0 Å². The summed E-state index contributed by atoms with van der Waals surface area (Å²) in [6.45, 7) is 0.0179. The first-order valence-corrected chi connectivity index (χ1v) is 7.87. The van der Waals surface area contributed by atoms with Gasteiger partial charge in [0.25, 0.3) is 11.8 Å². The van der Waals surface area contributed by atoms with Crippen molar-refractivity contribution in [2.45, 2.75) is 0 Å². The fourth-order valence-electron chi connectivity index (χ4n) is 2.21. The minimum Gasteiger partial charge on any atom is -0.366 e. The summed E-state index contributed by atoms with van der Waals surface area (Å²) in [5.74, 6) is -0.676. The summed E-state index contributed by atoms with van der Waals surface area (Å²) in [4.78, 5) is 25.7. The quantitative estimate of drug-likeness (QED) is 0.777. The van der Waals surface area contributed by atoms with Crippen LogP contribution in [0.2, 0.25) is 10.0 Å². The van der Waals surface area contributed by atoms with Crippen LogP contribution in [0.5, 0.6) is 0 Å². The SMILES string of the molecule is O=C1c2ccc(Br)cc2C(=O)N1CNc1cccc(Cl)c1Cl. The molecule has 0 saturated carbocycles. The van der Waals surface area contributed by atoms with Crippen LogP contribution in [-0.4, -0.2) is 23.4 Å². The van der Waals surface area contributed by atoms with E-state index in [1.165, 1.54) is 0 Å². The fraction of sp³-hybridized carbons (Fsp3) is 0.0667. The molecule has 1 aliphatic rings. The van der Waals surface area contributed by atoms with Crippen molar-refractivity contribution in [3.05, 3.63) is 62.0 Å². The molecule has 1 N–H and O–H groups in total. The van der Waals surface area contributed by atoms with Gasteiger partial charge in [0, 0.05) is 4.47 Å².